The van der Waals surface area contributed by atoms with Crippen molar-refractivity contribution in [3.63, 3.8) is 0 Å². The monoisotopic (exact) mass is 289 g/mol. The summed E-state index contributed by atoms with van der Waals surface area (Å²) >= 11 is 0. The van der Waals surface area contributed by atoms with Gasteiger partial charge in [0.1, 0.15) is 5.54 Å². The highest BCUT2D eigenvalue weighted by Crippen LogP contribution is 2.59. The molecule has 2 aliphatic heterocycles. The van der Waals surface area contributed by atoms with Crippen molar-refractivity contribution in [2.24, 2.45) is 5.92 Å². The third-order valence-corrected chi connectivity index (χ3v) is 4.55. The molecule has 0 spiro atoms. The Kier molecular flexibility index (Phi) is 2.90. The molecule has 1 aromatic heterocycles. The number of halogens is 3. The third kappa shape index (κ3) is 1.86. The van der Waals surface area contributed by atoms with Gasteiger partial charge < -0.3 is 4.42 Å². The topological polar surface area (TPSA) is 42.2 Å². The number of nitrogens with zero attached hydrogens (tertiary/aromatic N) is 3. The van der Waals surface area contributed by atoms with Crippen LogP contribution in [0.1, 0.15) is 44.9 Å². The van der Waals surface area contributed by atoms with Crippen LogP contribution in [0.2, 0.25) is 0 Å². The highest BCUT2D eigenvalue weighted by atomic mass is 19.4. The first-order chi connectivity index (χ1) is 9.24. The molecule has 2 bridgehead atoms. The van der Waals surface area contributed by atoms with Crippen LogP contribution in [-0.4, -0.2) is 33.4 Å². The average molecular weight is 289 g/mol. The Morgan fingerprint density at radius 1 is 1.30 bits per heavy atom. The average Bonchev–Trinajstić information content (AvgIpc) is 2.73. The largest absolute Gasteiger partial charge is 0.424 e. The van der Waals surface area contributed by atoms with E-state index in [2.05, 4.69) is 15.1 Å². The summed E-state index contributed by atoms with van der Waals surface area (Å²) in [6.45, 7) is 5.66. The molecule has 0 radical (unpaired) electrons. The van der Waals surface area contributed by atoms with E-state index < -0.39 is 17.6 Å². The Hall–Kier alpha value is -1.11. The summed E-state index contributed by atoms with van der Waals surface area (Å²) in [5.41, 5.74) is -0.724. The van der Waals surface area contributed by atoms with Gasteiger partial charge in [-0.25, -0.2) is 0 Å². The van der Waals surface area contributed by atoms with Crippen LogP contribution in [0.15, 0.2) is 4.42 Å². The Balaban J connectivity index is 1.96. The molecule has 0 amide bonds. The Labute approximate surface area is 115 Å². The summed E-state index contributed by atoms with van der Waals surface area (Å²) < 4.78 is 44.7. The van der Waals surface area contributed by atoms with Gasteiger partial charge in [-0.3, -0.25) is 4.90 Å². The van der Waals surface area contributed by atoms with Gasteiger partial charge in [0, 0.05) is 19.0 Å². The van der Waals surface area contributed by atoms with E-state index in [4.69, 9.17) is 4.42 Å². The van der Waals surface area contributed by atoms with Gasteiger partial charge in [0.05, 0.1) is 5.92 Å². The van der Waals surface area contributed by atoms with Crippen molar-refractivity contribution in [1.82, 2.24) is 15.1 Å². The molecule has 1 aromatic rings. The molecular weight excluding hydrogens is 271 g/mol. The van der Waals surface area contributed by atoms with Crippen molar-refractivity contribution in [2.75, 3.05) is 0 Å². The van der Waals surface area contributed by atoms with Gasteiger partial charge in [-0.15, -0.1) is 10.2 Å². The highest BCUT2D eigenvalue weighted by molar-refractivity contribution is 5.19. The van der Waals surface area contributed by atoms with Crippen molar-refractivity contribution >= 4 is 0 Å². The van der Waals surface area contributed by atoms with Crippen LogP contribution in [-0.2, 0) is 5.54 Å². The maximum absolute atomic E-state index is 13.1. The highest BCUT2D eigenvalue weighted by Gasteiger charge is 2.65. The molecule has 1 aliphatic carbocycles. The fourth-order valence-corrected chi connectivity index (χ4v) is 3.97. The lowest BCUT2D eigenvalue weighted by molar-refractivity contribution is -0.249. The van der Waals surface area contributed by atoms with Crippen LogP contribution in [0.4, 0.5) is 13.2 Å². The molecule has 2 saturated heterocycles. The van der Waals surface area contributed by atoms with E-state index in [1.54, 1.807) is 6.92 Å². The van der Waals surface area contributed by atoms with Gasteiger partial charge in [0.2, 0.25) is 11.8 Å². The molecule has 3 heterocycles. The van der Waals surface area contributed by atoms with Crippen LogP contribution >= 0.6 is 0 Å². The summed E-state index contributed by atoms with van der Waals surface area (Å²) in [6.07, 6.45) is -3.27. The summed E-state index contributed by atoms with van der Waals surface area (Å²) in [5.74, 6) is -0.534. The molecular formula is C13H18F3N3O. The fourth-order valence-electron chi connectivity index (χ4n) is 3.97. The Morgan fingerprint density at radius 3 is 2.50 bits per heavy atom. The molecule has 3 unspecified atom stereocenters. The van der Waals surface area contributed by atoms with Gasteiger partial charge in [-0.2, -0.15) is 13.2 Å². The van der Waals surface area contributed by atoms with E-state index in [0.717, 1.165) is 0 Å². The molecule has 20 heavy (non-hydrogen) atoms. The zero-order valence-electron chi connectivity index (χ0n) is 11.7. The van der Waals surface area contributed by atoms with Crippen molar-refractivity contribution < 1.29 is 17.6 Å². The molecule has 0 N–H and O–H groups in total. The number of hydrogen-bond acceptors (Lipinski definition) is 4. The van der Waals surface area contributed by atoms with Crippen molar-refractivity contribution in [2.45, 2.75) is 63.8 Å². The second-order valence-electron chi connectivity index (χ2n) is 6.20. The zero-order valence-corrected chi connectivity index (χ0v) is 11.7. The maximum Gasteiger partial charge on any atom is 0.391 e. The van der Waals surface area contributed by atoms with Crippen LogP contribution < -0.4 is 0 Å². The molecule has 7 heteroatoms. The number of hydrogen-bond donors (Lipinski definition) is 0. The molecule has 3 aliphatic rings. The molecule has 3 fully saturated rings. The first-order valence-electron chi connectivity index (χ1n) is 6.90. The Bertz CT molecular complexity index is 513. The van der Waals surface area contributed by atoms with Gasteiger partial charge in [0.25, 0.3) is 0 Å². The lowest BCUT2D eigenvalue weighted by Gasteiger charge is -2.63. The zero-order chi connectivity index (χ0) is 14.7. The van der Waals surface area contributed by atoms with Crippen LogP contribution in [0, 0.1) is 12.8 Å². The van der Waals surface area contributed by atoms with Crippen LogP contribution in [0.3, 0.4) is 0 Å². The van der Waals surface area contributed by atoms with Crippen molar-refractivity contribution in [3.8, 4) is 0 Å². The summed E-state index contributed by atoms with van der Waals surface area (Å²) in [4.78, 5) is 2.11. The van der Waals surface area contributed by atoms with Gasteiger partial charge >= 0.3 is 6.18 Å². The molecule has 4 nitrogen and oxygen atoms in total. The minimum Gasteiger partial charge on any atom is -0.424 e. The Morgan fingerprint density at radius 2 is 2.00 bits per heavy atom. The maximum atomic E-state index is 13.1. The lowest BCUT2D eigenvalue weighted by Crippen LogP contribution is -2.71. The summed E-state index contributed by atoms with van der Waals surface area (Å²) in [5, 5.41) is 7.79. The lowest BCUT2D eigenvalue weighted by atomic mass is 9.62. The van der Waals surface area contributed by atoms with Crippen LogP contribution in [0.25, 0.3) is 0 Å². The molecule has 3 atom stereocenters. The molecule has 4 rings (SSSR count). The number of aromatic nitrogens is 2. The van der Waals surface area contributed by atoms with Gasteiger partial charge in [0.15, 0.2) is 0 Å². The number of piperidine rings is 1. The second-order valence-corrected chi connectivity index (χ2v) is 6.20. The fraction of sp³-hybridized carbons (Fsp3) is 0.846. The van der Waals surface area contributed by atoms with Crippen LogP contribution in [0.5, 0.6) is 0 Å². The van der Waals surface area contributed by atoms with E-state index in [1.165, 1.54) is 0 Å². The number of alkyl halides is 3. The minimum absolute atomic E-state index is 0.0206. The number of rotatable bonds is 2. The second kappa shape index (κ2) is 4.19. The number of fused-ring (bicyclic) bond motifs is 2. The minimum atomic E-state index is -4.15. The standard InChI is InChI=1S/C13H18F3N3O/c1-7(2)19-10-4-9(13(14,15)16)5-12(19,6-10)11-18-17-8(3)20-11/h7,9-10H,4-6H2,1-3H3. The summed E-state index contributed by atoms with van der Waals surface area (Å²) in [7, 11) is 0. The van der Waals surface area contributed by atoms with E-state index in [9.17, 15) is 13.2 Å². The third-order valence-electron chi connectivity index (χ3n) is 4.55. The predicted octanol–water partition coefficient (Wildman–Crippen LogP) is 3.03. The SMILES string of the molecule is Cc1nnc(C23CC(CC(C(F)(F)F)C2)N3C(C)C)o1. The molecule has 0 aromatic carbocycles. The first kappa shape index (κ1) is 13.9. The predicted molar refractivity (Wildman–Crippen MR) is 64.9 cm³/mol. The van der Waals surface area contributed by atoms with E-state index in [0.29, 0.717) is 18.2 Å². The smallest absolute Gasteiger partial charge is 0.391 e. The number of aryl methyl sites for hydroxylation is 1. The van der Waals surface area contributed by atoms with Crippen molar-refractivity contribution in [1.29, 1.82) is 0 Å². The van der Waals surface area contributed by atoms with E-state index >= 15 is 0 Å². The normalized spacial score (nSPS) is 34.4. The van der Waals surface area contributed by atoms with Crippen molar-refractivity contribution in [3.05, 3.63) is 11.8 Å². The van der Waals surface area contributed by atoms with E-state index in [1.807, 2.05) is 13.8 Å². The molecule has 112 valence electrons. The molecule has 1 saturated carbocycles. The first-order valence-corrected chi connectivity index (χ1v) is 6.90. The van der Waals surface area contributed by atoms with E-state index in [-0.39, 0.29) is 24.9 Å². The van der Waals surface area contributed by atoms with Gasteiger partial charge in [-0.1, -0.05) is 0 Å². The summed E-state index contributed by atoms with van der Waals surface area (Å²) in [6, 6.07) is 0.123. The van der Waals surface area contributed by atoms with Gasteiger partial charge in [-0.05, 0) is 33.1 Å². The quantitative estimate of drug-likeness (QED) is 0.839.